The van der Waals surface area contributed by atoms with E-state index in [0.717, 1.165) is 11.3 Å². The van der Waals surface area contributed by atoms with E-state index in [2.05, 4.69) is 15.5 Å². The molecule has 7 nitrogen and oxygen atoms in total. The van der Waals surface area contributed by atoms with Crippen LogP contribution in [-0.2, 0) is 4.79 Å². The second-order valence-electron chi connectivity index (χ2n) is 6.65. The fraction of sp³-hybridized carbons (Fsp3) is 0.200. The second kappa shape index (κ2) is 7.44. The first-order chi connectivity index (χ1) is 13.5. The minimum Gasteiger partial charge on any atom is -0.407 e. The van der Waals surface area contributed by atoms with Crippen molar-refractivity contribution in [2.75, 3.05) is 16.8 Å². The highest BCUT2D eigenvalue weighted by molar-refractivity contribution is 6.30. The zero-order valence-corrected chi connectivity index (χ0v) is 15.8. The molecule has 1 atom stereocenters. The molecule has 1 aliphatic heterocycles. The van der Waals surface area contributed by atoms with Gasteiger partial charge >= 0.3 is 6.01 Å². The lowest BCUT2D eigenvalue weighted by Crippen LogP contribution is -2.24. The average Bonchev–Trinajstić information content (AvgIpc) is 3.29. The minimum absolute atomic E-state index is 0.0129. The molecule has 2 heterocycles. The normalized spacial score (nSPS) is 16.4. The zero-order chi connectivity index (χ0) is 19.7. The van der Waals surface area contributed by atoms with Crippen LogP contribution in [0.1, 0.15) is 34.2 Å². The number of aromatic nitrogens is 2. The Balaban J connectivity index is 1.45. The van der Waals surface area contributed by atoms with Crippen molar-refractivity contribution in [3.63, 3.8) is 0 Å². The molecule has 28 heavy (non-hydrogen) atoms. The number of nitrogens with zero attached hydrogens (tertiary/aromatic N) is 3. The van der Waals surface area contributed by atoms with Crippen LogP contribution < -0.4 is 10.2 Å². The molecule has 1 saturated heterocycles. The highest BCUT2D eigenvalue weighted by atomic mass is 35.5. The summed E-state index contributed by atoms with van der Waals surface area (Å²) in [4.78, 5) is 26.3. The maximum atomic E-state index is 12.4. The van der Waals surface area contributed by atoms with E-state index >= 15 is 0 Å². The van der Waals surface area contributed by atoms with Crippen molar-refractivity contribution in [1.29, 1.82) is 0 Å². The van der Waals surface area contributed by atoms with Crippen LogP contribution in [0.2, 0.25) is 5.02 Å². The van der Waals surface area contributed by atoms with Gasteiger partial charge < -0.3 is 9.32 Å². The molecule has 0 radical (unpaired) electrons. The molecule has 8 heteroatoms. The molecule has 0 saturated carbocycles. The third kappa shape index (κ3) is 3.75. The third-order valence-corrected chi connectivity index (χ3v) is 4.81. The molecule has 0 aliphatic carbocycles. The van der Waals surface area contributed by atoms with E-state index < -0.39 is 0 Å². The fourth-order valence-corrected chi connectivity index (χ4v) is 3.28. The van der Waals surface area contributed by atoms with E-state index in [4.69, 9.17) is 16.0 Å². The van der Waals surface area contributed by atoms with Gasteiger partial charge in [0.05, 0.1) is 5.92 Å². The summed E-state index contributed by atoms with van der Waals surface area (Å²) >= 11 is 5.91. The smallest absolute Gasteiger partial charge is 0.322 e. The van der Waals surface area contributed by atoms with Crippen molar-refractivity contribution in [2.45, 2.75) is 19.3 Å². The number of carbonyl (C=O) groups is 2. The highest BCUT2D eigenvalue weighted by Crippen LogP contribution is 2.32. The average molecular weight is 397 g/mol. The molecule has 142 valence electrons. The van der Waals surface area contributed by atoms with Gasteiger partial charge in [-0.3, -0.25) is 14.9 Å². The number of anilines is 2. The van der Waals surface area contributed by atoms with E-state index in [-0.39, 0.29) is 30.2 Å². The maximum absolute atomic E-state index is 12.4. The van der Waals surface area contributed by atoms with Gasteiger partial charge in [-0.05, 0) is 43.3 Å². The van der Waals surface area contributed by atoms with Gasteiger partial charge in [-0.1, -0.05) is 34.4 Å². The number of aryl methyl sites for hydroxylation is 1. The Morgan fingerprint density at radius 3 is 2.75 bits per heavy atom. The van der Waals surface area contributed by atoms with Gasteiger partial charge in [0.1, 0.15) is 0 Å². The van der Waals surface area contributed by atoms with Crippen molar-refractivity contribution in [2.24, 2.45) is 0 Å². The van der Waals surface area contributed by atoms with Crippen molar-refractivity contribution < 1.29 is 14.0 Å². The number of hydrogen-bond acceptors (Lipinski definition) is 5. The molecule has 0 spiro atoms. The summed E-state index contributed by atoms with van der Waals surface area (Å²) < 4.78 is 5.59. The highest BCUT2D eigenvalue weighted by Gasteiger charge is 2.35. The Bertz CT molecular complexity index is 1030. The van der Waals surface area contributed by atoms with Gasteiger partial charge in [0, 0.05) is 29.2 Å². The Hall–Kier alpha value is -3.19. The Morgan fingerprint density at radius 1 is 1.21 bits per heavy atom. The van der Waals surface area contributed by atoms with Gasteiger partial charge in [-0.15, -0.1) is 5.10 Å². The molecule has 1 fully saturated rings. The summed E-state index contributed by atoms with van der Waals surface area (Å²) in [6.45, 7) is 2.33. The largest absolute Gasteiger partial charge is 0.407 e. The molecular formula is C20H17ClN4O3. The van der Waals surface area contributed by atoms with Crippen molar-refractivity contribution >= 4 is 35.1 Å². The molecule has 0 unspecified atom stereocenters. The predicted octanol–water partition coefficient (Wildman–Crippen LogP) is 3.80. The van der Waals surface area contributed by atoms with E-state index in [0.29, 0.717) is 23.0 Å². The Labute approximate surface area is 166 Å². The van der Waals surface area contributed by atoms with Crippen molar-refractivity contribution in [3.05, 3.63) is 70.6 Å². The molecule has 1 aromatic heterocycles. The maximum Gasteiger partial charge on any atom is 0.322 e. The summed E-state index contributed by atoms with van der Waals surface area (Å²) in [5.74, 6) is -0.273. The van der Waals surface area contributed by atoms with E-state index in [1.54, 1.807) is 47.4 Å². The van der Waals surface area contributed by atoms with Crippen LogP contribution in [0.5, 0.6) is 0 Å². The lowest BCUT2D eigenvalue weighted by Gasteiger charge is -2.16. The topological polar surface area (TPSA) is 88.3 Å². The molecule has 4 rings (SSSR count). The van der Waals surface area contributed by atoms with E-state index in [1.807, 2.05) is 13.0 Å². The van der Waals surface area contributed by atoms with Crippen LogP contribution in [0.15, 0.2) is 52.9 Å². The van der Waals surface area contributed by atoms with Crippen LogP contribution in [0.4, 0.5) is 11.7 Å². The lowest BCUT2D eigenvalue weighted by molar-refractivity contribution is -0.117. The summed E-state index contributed by atoms with van der Waals surface area (Å²) in [6.07, 6.45) is 0.260. The number of hydrogen-bond donors (Lipinski definition) is 1. The van der Waals surface area contributed by atoms with Gasteiger partial charge in [0.2, 0.25) is 11.8 Å². The third-order valence-electron chi connectivity index (χ3n) is 4.55. The van der Waals surface area contributed by atoms with Gasteiger partial charge in [0.25, 0.3) is 5.91 Å². The van der Waals surface area contributed by atoms with Crippen LogP contribution in [0.3, 0.4) is 0 Å². The predicted molar refractivity (Wildman–Crippen MR) is 105 cm³/mol. The monoisotopic (exact) mass is 396 g/mol. The summed E-state index contributed by atoms with van der Waals surface area (Å²) in [7, 11) is 0. The van der Waals surface area contributed by atoms with Crippen molar-refractivity contribution in [1.82, 2.24) is 10.2 Å². The molecular weight excluding hydrogens is 380 g/mol. The molecule has 2 amide bonds. The van der Waals surface area contributed by atoms with Crippen LogP contribution in [-0.4, -0.2) is 28.6 Å². The van der Waals surface area contributed by atoms with Crippen LogP contribution in [0, 0.1) is 6.92 Å². The fourth-order valence-electron chi connectivity index (χ4n) is 3.15. The summed E-state index contributed by atoms with van der Waals surface area (Å²) in [5.41, 5.74) is 2.25. The van der Waals surface area contributed by atoms with Gasteiger partial charge in [-0.2, -0.15) is 0 Å². The van der Waals surface area contributed by atoms with E-state index in [1.165, 1.54) is 0 Å². The lowest BCUT2D eigenvalue weighted by atomic mass is 10.1. The number of halogens is 1. The number of benzene rings is 2. The van der Waals surface area contributed by atoms with Crippen LogP contribution >= 0.6 is 11.6 Å². The molecule has 1 N–H and O–H groups in total. The first-order valence-corrected chi connectivity index (χ1v) is 9.15. The number of rotatable bonds is 4. The summed E-state index contributed by atoms with van der Waals surface area (Å²) in [6, 6.07) is 14.3. The summed E-state index contributed by atoms with van der Waals surface area (Å²) in [5, 5.41) is 11.1. The molecule has 3 aromatic rings. The quantitative estimate of drug-likeness (QED) is 0.724. The number of carbonyl (C=O) groups excluding carboxylic acids is 2. The number of amides is 2. The first-order valence-electron chi connectivity index (χ1n) is 8.77. The van der Waals surface area contributed by atoms with E-state index in [9.17, 15) is 9.59 Å². The Morgan fingerprint density at radius 2 is 2.00 bits per heavy atom. The molecule has 1 aliphatic rings. The van der Waals surface area contributed by atoms with Gasteiger partial charge in [-0.25, -0.2) is 0 Å². The zero-order valence-electron chi connectivity index (χ0n) is 15.1. The number of nitrogens with one attached hydrogen (secondary N) is 1. The second-order valence-corrected chi connectivity index (χ2v) is 7.09. The standard InChI is InChI=1S/C20H17ClN4O3/c1-12-3-2-4-13(9-12)18(27)22-20-24-23-19(28-20)14-10-17(26)25(11-14)16-7-5-15(21)6-8-16/h2-9,14H,10-11H2,1H3,(H,22,24,27)/t14-/m0/s1. The van der Waals surface area contributed by atoms with Gasteiger partial charge in [0.15, 0.2) is 0 Å². The molecule has 0 bridgehead atoms. The molecule has 2 aromatic carbocycles. The van der Waals surface area contributed by atoms with Crippen LogP contribution in [0.25, 0.3) is 0 Å². The minimum atomic E-state index is -0.329. The van der Waals surface area contributed by atoms with Crippen molar-refractivity contribution in [3.8, 4) is 0 Å². The first kappa shape index (κ1) is 18.2. The Kier molecular flexibility index (Phi) is 4.83. The SMILES string of the molecule is Cc1cccc(C(=O)Nc2nnc([C@H]3CC(=O)N(c4ccc(Cl)cc4)C3)o2)c1.